The van der Waals surface area contributed by atoms with E-state index < -0.39 is 0 Å². The molecule has 19 heavy (non-hydrogen) atoms. The molecule has 2 rings (SSSR count). The van der Waals surface area contributed by atoms with Crippen molar-refractivity contribution >= 4 is 17.2 Å². The van der Waals surface area contributed by atoms with Crippen LogP contribution in [-0.4, -0.2) is 22.5 Å². The standard InChI is InChI=1S/C16H24N2S/c1-11(2)18(9-13-4-5-13)10-15-7-6-14(16(17)19)8-12(15)3/h6-8,11,13H,4-5,9-10H2,1-3H3,(H2,17,19). The maximum Gasteiger partial charge on any atom is 0.103 e. The first-order valence-corrected chi connectivity index (χ1v) is 7.51. The van der Waals surface area contributed by atoms with Crippen molar-refractivity contribution in [2.24, 2.45) is 11.7 Å². The Kier molecular flexibility index (Phi) is 4.58. The van der Waals surface area contributed by atoms with Crippen LogP contribution < -0.4 is 5.73 Å². The first-order valence-electron chi connectivity index (χ1n) is 7.10. The average molecular weight is 276 g/mol. The highest BCUT2D eigenvalue weighted by atomic mass is 32.1. The van der Waals surface area contributed by atoms with Gasteiger partial charge in [-0.15, -0.1) is 0 Å². The van der Waals surface area contributed by atoms with E-state index in [0.29, 0.717) is 11.0 Å². The maximum atomic E-state index is 5.68. The van der Waals surface area contributed by atoms with Gasteiger partial charge in [-0.25, -0.2) is 0 Å². The van der Waals surface area contributed by atoms with Crippen LogP contribution in [0.1, 0.15) is 43.4 Å². The van der Waals surface area contributed by atoms with E-state index in [4.69, 9.17) is 18.0 Å². The molecule has 0 amide bonds. The van der Waals surface area contributed by atoms with E-state index in [-0.39, 0.29) is 0 Å². The highest BCUT2D eigenvalue weighted by Gasteiger charge is 2.25. The van der Waals surface area contributed by atoms with E-state index in [0.717, 1.165) is 18.0 Å². The number of thiocarbonyl (C=S) groups is 1. The number of benzene rings is 1. The van der Waals surface area contributed by atoms with E-state index >= 15 is 0 Å². The van der Waals surface area contributed by atoms with Gasteiger partial charge in [0.25, 0.3) is 0 Å². The molecule has 1 aliphatic carbocycles. The summed E-state index contributed by atoms with van der Waals surface area (Å²) in [5.41, 5.74) is 9.31. The van der Waals surface area contributed by atoms with E-state index in [1.165, 1.54) is 30.5 Å². The highest BCUT2D eigenvalue weighted by molar-refractivity contribution is 7.80. The van der Waals surface area contributed by atoms with Crippen molar-refractivity contribution in [2.75, 3.05) is 6.54 Å². The Morgan fingerprint density at radius 2 is 2.11 bits per heavy atom. The third-order valence-electron chi connectivity index (χ3n) is 3.92. The van der Waals surface area contributed by atoms with Crippen LogP contribution in [-0.2, 0) is 6.54 Å². The summed E-state index contributed by atoms with van der Waals surface area (Å²) >= 11 is 5.03. The Bertz CT molecular complexity index is 464. The van der Waals surface area contributed by atoms with Crippen LogP contribution in [0.5, 0.6) is 0 Å². The Morgan fingerprint density at radius 3 is 2.58 bits per heavy atom. The van der Waals surface area contributed by atoms with Crippen molar-refractivity contribution in [1.29, 1.82) is 0 Å². The van der Waals surface area contributed by atoms with Crippen LogP contribution >= 0.6 is 12.2 Å². The largest absolute Gasteiger partial charge is 0.389 e. The lowest BCUT2D eigenvalue weighted by Crippen LogP contribution is -2.32. The van der Waals surface area contributed by atoms with Gasteiger partial charge in [-0.2, -0.15) is 0 Å². The molecule has 0 spiro atoms. The summed E-state index contributed by atoms with van der Waals surface area (Å²) < 4.78 is 0. The van der Waals surface area contributed by atoms with Crippen LogP contribution in [0.25, 0.3) is 0 Å². The fraction of sp³-hybridized carbons (Fsp3) is 0.562. The summed E-state index contributed by atoms with van der Waals surface area (Å²) in [6.07, 6.45) is 2.81. The number of hydrogen-bond acceptors (Lipinski definition) is 2. The zero-order valence-electron chi connectivity index (χ0n) is 12.1. The van der Waals surface area contributed by atoms with Gasteiger partial charge >= 0.3 is 0 Å². The minimum absolute atomic E-state index is 0.480. The predicted octanol–water partition coefficient (Wildman–Crippen LogP) is 3.25. The van der Waals surface area contributed by atoms with E-state index in [1.807, 2.05) is 6.07 Å². The Morgan fingerprint density at radius 1 is 1.42 bits per heavy atom. The van der Waals surface area contributed by atoms with Crippen molar-refractivity contribution in [1.82, 2.24) is 4.90 Å². The molecule has 0 aromatic heterocycles. The zero-order valence-corrected chi connectivity index (χ0v) is 13.0. The van der Waals surface area contributed by atoms with E-state index in [1.54, 1.807) is 0 Å². The fourth-order valence-corrected chi connectivity index (χ4v) is 2.46. The molecule has 1 aromatic rings. The second kappa shape index (κ2) is 6.02. The van der Waals surface area contributed by atoms with Gasteiger partial charge < -0.3 is 5.73 Å². The lowest BCUT2D eigenvalue weighted by Gasteiger charge is -2.27. The monoisotopic (exact) mass is 276 g/mol. The number of nitrogens with zero attached hydrogens (tertiary/aromatic N) is 1. The third-order valence-corrected chi connectivity index (χ3v) is 4.16. The molecule has 2 N–H and O–H groups in total. The van der Waals surface area contributed by atoms with Gasteiger partial charge in [-0.3, -0.25) is 4.90 Å². The van der Waals surface area contributed by atoms with E-state index in [2.05, 4.69) is 37.8 Å². The molecular weight excluding hydrogens is 252 g/mol. The number of hydrogen-bond donors (Lipinski definition) is 1. The van der Waals surface area contributed by atoms with Gasteiger partial charge in [0.05, 0.1) is 0 Å². The predicted molar refractivity (Wildman–Crippen MR) is 85.3 cm³/mol. The first-order chi connectivity index (χ1) is 8.97. The molecule has 0 heterocycles. The molecule has 0 atom stereocenters. The molecule has 1 aliphatic rings. The lowest BCUT2D eigenvalue weighted by molar-refractivity contribution is 0.203. The normalized spacial score (nSPS) is 15.2. The van der Waals surface area contributed by atoms with Crippen LogP contribution in [0, 0.1) is 12.8 Å². The van der Waals surface area contributed by atoms with Gasteiger partial charge in [0.1, 0.15) is 4.99 Å². The average Bonchev–Trinajstić information content (AvgIpc) is 3.14. The number of nitrogens with two attached hydrogens (primary N) is 1. The Hall–Kier alpha value is -0.930. The summed E-state index contributed by atoms with van der Waals surface area (Å²) in [5.74, 6) is 0.929. The smallest absolute Gasteiger partial charge is 0.103 e. The molecule has 1 aromatic carbocycles. The fourth-order valence-electron chi connectivity index (χ4n) is 2.34. The molecule has 104 valence electrons. The van der Waals surface area contributed by atoms with Crippen LogP contribution in [0.4, 0.5) is 0 Å². The lowest BCUT2D eigenvalue weighted by atomic mass is 10.0. The van der Waals surface area contributed by atoms with Crippen molar-refractivity contribution in [3.8, 4) is 0 Å². The molecule has 0 aliphatic heterocycles. The summed E-state index contributed by atoms with van der Waals surface area (Å²) in [4.78, 5) is 3.05. The molecule has 0 radical (unpaired) electrons. The summed E-state index contributed by atoms with van der Waals surface area (Å²) in [6.45, 7) is 8.96. The van der Waals surface area contributed by atoms with Crippen molar-refractivity contribution in [2.45, 2.75) is 46.2 Å². The maximum absolute atomic E-state index is 5.68. The first kappa shape index (κ1) is 14.5. The second-order valence-corrected chi connectivity index (χ2v) is 6.41. The molecule has 0 bridgehead atoms. The minimum Gasteiger partial charge on any atom is -0.389 e. The van der Waals surface area contributed by atoms with Crippen molar-refractivity contribution < 1.29 is 0 Å². The molecule has 1 fully saturated rings. The summed E-state index contributed by atoms with van der Waals surface area (Å²) in [6, 6.07) is 6.91. The Labute approximate surface area is 122 Å². The van der Waals surface area contributed by atoms with Crippen LogP contribution in [0.2, 0.25) is 0 Å². The number of rotatable bonds is 6. The third kappa shape index (κ3) is 4.02. The Balaban J connectivity index is 2.09. The van der Waals surface area contributed by atoms with Gasteiger partial charge in [-0.05, 0) is 56.7 Å². The number of aryl methyl sites for hydroxylation is 1. The summed E-state index contributed by atoms with van der Waals surface area (Å²) in [5, 5.41) is 0. The zero-order chi connectivity index (χ0) is 14.0. The SMILES string of the molecule is Cc1cc(C(N)=S)ccc1CN(CC1CC1)C(C)C. The minimum atomic E-state index is 0.480. The van der Waals surface area contributed by atoms with Crippen molar-refractivity contribution in [3.05, 3.63) is 34.9 Å². The molecule has 2 nitrogen and oxygen atoms in total. The van der Waals surface area contributed by atoms with E-state index in [9.17, 15) is 0 Å². The van der Waals surface area contributed by atoms with Crippen LogP contribution in [0.15, 0.2) is 18.2 Å². The molecule has 1 saturated carbocycles. The summed E-state index contributed by atoms with van der Waals surface area (Å²) in [7, 11) is 0. The topological polar surface area (TPSA) is 29.3 Å². The molecule has 0 saturated heterocycles. The molecule has 0 unspecified atom stereocenters. The van der Waals surface area contributed by atoms with Gasteiger partial charge in [-0.1, -0.05) is 24.4 Å². The second-order valence-electron chi connectivity index (χ2n) is 5.97. The van der Waals surface area contributed by atoms with Gasteiger partial charge in [0, 0.05) is 24.7 Å². The van der Waals surface area contributed by atoms with Crippen molar-refractivity contribution in [3.63, 3.8) is 0 Å². The quantitative estimate of drug-likeness (QED) is 0.809. The van der Waals surface area contributed by atoms with Gasteiger partial charge in [0.2, 0.25) is 0 Å². The molecular formula is C16H24N2S. The van der Waals surface area contributed by atoms with Crippen LogP contribution in [0.3, 0.4) is 0 Å². The van der Waals surface area contributed by atoms with Gasteiger partial charge in [0.15, 0.2) is 0 Å². The highest BCUT2D eigenvalue weighted by Crippen LogP contribution is 2.31. The molecule has 3 heteroatoms.